The number of hydrogen-bond acceptors (Lipinski definition) is 5. The number of sulfone groups is 1. The summed E-state index contributed by atoms with van der Waals surface area (Å²) in [4.78, 5) is 7.07. The minimum absolute atomic E-state index is 0.0403. The van der Waals surface area contributed by atoms with Crippen molar-refractivity contribution in [3.63, 3.8) is 0 Å². The number of aliphatic imine (C=N–C) groups is 1. The summed E-state index contributed by atoms with van der Waals surface area (Å²) in [5.41, 5.74) is 1.13. The molecule has 2 fully saturated rings. The fourth-order valence-electron chi connectivity index (χ4n) is 3.73. The Balaban J connectivity index is 1.57. The fourth-order valence-corrected chi connectivity index (χ4v) is 5.41. The van der Waals surface area contributed by atoms with Gasteiger partial charge in [-0.05, 0) is 37.8 Å². The van der Waals surface area contributed by atoms with E-state index < -0.39 is 9.84 Å². The average molecular weight is 395 g/mol. The van der Waals surface area contributed by atoms with Gasteiger partial charge in [0, 0.05) is 32.2 Å². The third-order valence-electron chi connectivity index (χ3n) is 5.14. The van der Waals surface area contributed by atoms with Gasteiger partial charge >= 0.3 is 0 Å². The molecule has 1 aromatic carbocycles. The molecular weight excluding hydrogens is 364 g/mol. The van der Waals surface area contributed by atoms with Crippen LogP contribution >= 0.6 is 0 Å². The summed E-state index contributed by atoms with van der Waals surface area (Å²) in [5, 5.41) is 6.52. The molecule has 2 unspecified atom stereocenters. The molecular formula is C19H30N4O3S. The van der Waals surface area contributed by atoms with E-state index in [0.717, 1.165) is 50.0 Å². The highest BCUT2D eigenvalue weighted by molar-refractivity contribution is 7.91. The third kappa shape index (κ3) is 5.28. The number of benzene rings is 1. The van der Waals surface area contributed by atoms with E-state index in [4.69, 9.17) is 9.73 Å². The van der Waals surface area contributed by atoms with Crippen LogP contribution in [0, 0.1) is 5.92 Å². The Morgan fingerprint density at radius 2 is 2.15 bits per heavy atom. The average Bonchev–Trinajstić information content (AvgIpc) is 3.26. The first-order valence-electron chi connectivity index (χ1n) is 9.64. The minimum atomic E-state index is -2.89. The molecule has 27 heavy (non-hydrogen) atoms. The van der Waals surface area contributed by atoms with Crippen molar-refractivity contribution >= 4 is 21.5 Å². The van der Waals surface area contributed by atoms with E-state index in [9.17, 15) is 8.42 Å². The van der Waals surface area contributed by atoms with Gasteiger partial charge in [-0.1, -0.05) is 12.1 Å². The van der Waals surface area contributed by atoms with Crippen molar-refractivity contribution in [1.29, 1.82) is 0 Å². The lowest BCUT2D eigenvalue weighted by Gasteiger charge is -2.21. The van der Waals surface area contributed by atoms with Gasteiger partial charge < -0.3 is 20.3 Å². The lowest BCUT2D eigenvalue weighted by atomic mass is 10.1. The molecule has 2 heterocycles. The van der Waals surface area contributed by atoms with Gasteiger partial charge in [0.1, 0.15) is 5.75 Å². The molecule has 2 aliphatic heterocycles. The highest BCUT2D eigenvalue weighted by Crippen LogP contribution is 2.31. The second kappa shape index (κ2) is 8.82. The standard InChI is InChI=1S/C19H30N4O3S/c1-3-20-19(22-16-9-11-27(24,25)14-16)21-12-15-8-10-23(13-15)17-6-4-5-7-18(17)26-2/h4-7,15-16H,3,8-14H2,1-2H3,(H2,20,21,22). The van der Waals surface area contributed by atoms with Crippen molar-refractivity contribution in [3.8, 4) is 5.75 Å². The topological polar surface area (TPSA) is 83.0 Å². The Bertz CT molecular complexity index is 766. The Morgan fingerprint density at radius 3 is 2.85 bits per heavy atom. The number of nitrogens with one attached hydrogen (secondary N) is 2. The number of methoxy groups -OCH3 is 1. The van der Waals surface area contributed by atoms with Gasteiger partial charge in [-0.3, -0.25) is 4.99 Å². The van der Waals surface area contributed by atoms with E-state index in [-0.39, 0.29) is 17.5 Å². The van der Waals surface area contributed by atoms with Crippen molar-refractivity contribution < 1.29 is 13.2 Å². The van der Waals surface area contributed by atoms with Gasteiger partial charge in [0.05, 0.1) is 24.3 Å². The summed E-state index contributed by atoms with van der Waals surface area (Å²) in [5.74, 6) is 2.55. The Labute approximate surface area is 162 Å². The number of para-hydroxylation sites is 2. The first-order chi connectivity index (χ1) is 13.0. The van der Waals surface area contributed by atoms with Crippen LogP contribution in [0.3, 0.4) is 0 Å². The molecule has 0 amide bonds. The molecule has 3 rings (SSSR count). The van der Waals surface area contributed by atoms with Crippen LogP contribution in [0.2, 0.25) is 0 Å². The third-order valence-corrected chi connectivity index (χ3v) is 6.90. The number of guanidine groups is 1. The van der Waals surface area contributed by atoms with Crippen molar-refractivity contribution in [3.05, 3.63) is 24.3 Å². The molecule has 8 heteroatoms. The van der Waals surface area contributed by atoms with Crippen LogP contribution < -0.4 is 20.3 Å². The molecule has 0 saturated carbocycles. The van der Waals surface area contributed by atoms with Gasteiger partial charge in [-0.2, -0.15) is 0 Å². The first kappa shape index (κ1) is 19.8. The van der Waals surface area contributed by atoms with Crippen LogP contribution in [-0.2, 0) is 9.84 Å². The van der Waals surface area contributed by atoms with Crippen LogP contribution in [0.15, 0.2) is 29.3 Å². The van der Waals surface area contributed by atoms with Gasteiger partial charge in [-0.25, -0.2) is 8.42 Å². The largest absolute Gasteiger partial charge is 0.495 e. The predicted octanol–water partition coefficient (Wildman–Crippen LogP) is 1.26. The summed E-state index contributed by atoms with van der Waals surface area (Å²) < 4.78 is 28.8. The van der Waals surface area contributed by atoms with Crippen molar-refractivity contribution in [2.24, 2.45) is 10.9 Å². The van der Waals surface area contributed by atoms with E-state index in [1.165, 1.54) is 0 Å². The predicted molar refractivity (Wildman–Crippen MR) is 109 cm³/mol. The van der Waals surface area contributed by atoms with Crippen molar-refractivity contribution in [2.45, 2.75) is 25.8 Å². The van der Waals surface area contributed by atoms with Crippen LogP contribution in [0.4, 0.5) is 5.69 Å². The molecule has 0 aliphatic carbocycles. The molecule has 0 spiro atoms. The number of rotatable bonds is 6. The Morgan fingerprint density at radius 1 is 1.33 bits per heavy atom. The van der Waals surface area contributed by atoms with Gasteiger partial charge in [0.2, 0.25) is 0 Å². The number of anilines is 1. The summed E-state index contributed by atoms with van der Waals surface area (Å²) in [7, 11) is -1.19. The molecule has 7 nitrogen and oxygen atoms in total. The number of ether oxygens (including phenoxy) is 1. The van der Waals surface area contributed by atoms with Crippen molar-refractivity contribution in [1.82, 2.24) is 10.6 Å². The number of nitrogens with zero attached hydrogens (tertiary/aromatic N) is 2. The Kier molecular flexibility index (Phi) is 6.46. The van der Waals surface area contributed by atoms with Crippen molar-refractivity contribution in [2.75, 3.05) is 49.7 Å². The molecule has 2 saturated heterocycles. The van der Waals surface area contributed by atoms with Crippen LogP contribution in [0.5, 0.6) is 5.75 Å². The van der Waals surface area contributed by atoms with Gasteiger partial charge in [-0.15, -0.1) is 0 Å². The SMILES string of the molecule is CCNC(=NCC1CCN(c2ccccc2OC)C1)NC1CCS(=O)(=O)C1. The van der Waals surface area contributed by atoms with E-state index in [1.807, 2.05) is 25.1 Å². The summed E-state index contributed by atoms with van der Waals surface area (Å²) in [6.45, 7) is 5.43. The van der Waals surface area contributed by atoms with E-state index in [1.54, 1.807) is 7.11 Å². The number of hydrogen-bond donors (Lipinski definition) is 2. The molecule has 0 aromatic heterocycles. The van der Waals surface area contributed by atoms with Gasteiger partial charge in [0.25, 0.3) is 0 Å². The highest BCUT2D eigenvalue weighted by Gasteiger charge is 2.29. The smallest absolute Gasteiger partial charge is 0.191 e. The van der Waals surface area contributed by atoms with E-state index >= 15 is 0 Å². The van der Waals surface area contributed by atoms with Crippen LogP contribution in [0.1, 0.15) is 19.8 Å². The van der Waals surface area contributed by atoms with E-state index in [2.05, 4.69) is 21.6 Å². The second-order valence-electron chi connectivity index (χ2n) is 7.24. The molecule has 2 aliphatic rings. The van der Waals surface area contributed by atoms with E-state index in [0.29, 0.717) is 12.3 Å². The molecule has 1 aromatic rings. The fraction of sp³-hybridized carbons (Fsp3) is 0.632. The summed E-state index contributed by atoms with van der Waals surface area (Å²) in [6.07, 6.45) is 1.73. The van der Waals surface area contributed by atoms with Crippen LogP contribution in [0.25, 0.3) is 0 Å². The highest BCUT2D eigenvalue weighted by atomic mass is 32.2. The Hall–Kier alpha value is -1.96. The van der Waals surface area contributed by atoms with Gasteiger partial charge in [0.15, 0.2) is 15.8 Å². The zero-order valence-corrected chi connectivity index (χ0v) is 17.0. The zero-order valence-electron chi connectivity index (χ0n) is 16.1. The normalized spacial score (nSPS) is 24.8. The minimum Gasteiger partial charge on any atom is -0.495 e. The maximum atomic E-state index is 11.7. The lowest BCUT2D eigenvalue weighted by molar-refractivity contribution is 0.414. The summed E-state index contributed by atoms with van der Waals surface area (Å²) >= 11 is 0. The summed E-state index contributed by atoms with van der Waals surface area (Å²) in [6, 6.07) is 8.06. The maximum absolute atomic E-state index is 11.7. The molecule has 0 radical (unpaired) electrons. The quantitative estimate of drug-likeness (QED) is 0.558. The lowest BCUT2D eigenvalue weighted by Crippen LogP contribution is -2.44. The molecule has 0 bridgehead atoms. The molecule has 2 atom stereocenters. The molecule has 150 valence electrons. The van der Waals surface area contributed by atoms with Crippen LogP contribution in [-0.4, -0.2) is 65.2 Å². The first-order valence-corrected chi connectivity index (χ1v) is 11.5. The molecule has 2 N–H and O–H groups in total. The zero-order chi connectivity index (χ0) is 19.3. The second-order valence-corrected chi connectivity index (χ2v) is 9.47. The monoisotopic (exact) mass is 394 g/mol. The maximum Gasteiger partial charge on any atom is 0.191 e.